The molecule has 2 aliphatic carbocycles. The summed E-state index contributed by atoms with van der Waals surface area (Å²) in [6, 6.07) is 8.25. The Balaban J connectivity index is 1.62. The molecule has 1 fully saturated rings. The van der Waals surface area contributed by atoms with Gasteiger partial charge in [-0.25, -0.2) is 4.99 Å². The van der Waals surface area contributed by atoms with Crippen molar-refractivity contribution in [3.8, 4) is 5.75 Å². The first-order chi connectivity index (χ1) is 14.6. The maximum Gasteiger partial charge on any atom is 0.254 e. The number of amides is 1. The maximum atomic E-state index is 13.3. The van der Waals surface area contributed by atoms with Crippen molar-refractivity contribution in [2.75, 3.05) is 0 Å². The lowest BCUT2D eigenvalue weighted by Gasteiger charge is -2.23. The average Bonchev–Trinajstić information content (AvgIpc) is 3.12. The van der Waals surface area contributed by atoms with E-state index in [1.54, 1.807) is 11.3 Å². The number of nitrogens with zero attached hydrogens (tertiary/aromatic N) is 1. The van der Waals surface area contributed by atoms with Crippen LogP contribution in [0.1, 0.15) is 85.2 Å². The number of fused-ring (bicyclic) bond motifs is 1. The van der Waals surface area contributed by atoms with Crippen LogP contribution >= 0.6 is 11.3 Å². The van der Waals surface area contributed by atoms with Crippen molar-refractivity contribution in [1.29, 1.82) is 0 Å². The summed E-state index contributed by atoms with van der Waals surface area (Å²) < 4.78 is 5.93. The Morgan fingerprint density at radius 3 is 2.70 bits per heavy atom. The van der Waals surface area contributed by atoms with Crippen LogP contribution in [0.15, 0.2) is 29.3 Å². The molecule has 0 saturated heterocycles. The minimum atomic E-state index is 0.0696. The van der Waals surface area contributed by atoms with Crippen LogP contribution in [-0.4, -0.2) is 24.3 Å². The normalized spacial score (nSPS) is 17.3. The molecule has 2 aromatic rings. The predicted octanol–water partition coefficient (Wildman–Crippen LogP) is 6.23. The molecule has 1 saturated carbocycles. The number of hydrogen-bond donors (Lipinski definition) is 1. The first kappa shape index (κ1) is 21.1. The maximum absolute atomic E-state index is 13.3. The number of rotatable bonds is 6. The van der Waals surface area contributed by atoms with Crippen molar-refractivity contribution in [2.45, 2.75) is 83.8 Å². The second-order valence-electron chi connectivity index (χ2n) is 8.66. The highest BCUT2D eigenvalue weighted by atomic mass is 32.1. The van der Waals surface area contributed by atoms with Gasteiger partial charge in [-0.05, 0) is 70.1 Å². The zero-order valence-electron chi connectivity index (χ0n) is 18.1. The smallest absolute Gasteiger partial charge is 0.254 e. The van der Waals surface area contributed by atoms with E-state index >= 15 is 0 Å². The van der Waals surface area contributed by atoms with Crippen molar-refractivity contribution in [2.24, 2.45) is 4.99 Å². The molecular weight excluding hydrogens is 392 g/mol. The van der Waals surface area contributed by atoms with Gasteiger partial charge in [0.05, 0.1) is 11.7 Å². The van der Waals surface area contributed by atoms with Crippen molar-refractivity contribution < 1.29 is 9.53 Å². The van der Waals surface area contributed by atoms with E-state index in [0.29, 0.717) is 6.04 Å². The fourth-order valence-corrected chi connectivity index (χ4v) is 5.69. The van der Waals surface area contributed by atoms with Gasteiger partial charge in [0, 0.05) is 22.7 Å². The first-order valence-corrected chi connectivity index (χ1v) is 12.2. The van der Waals surface area contributed by atoms with Crippen molar-refractivity contribution in [3.05, 3.63) is 45.8 Å². The summed E-state index contributed by atoms with van der Waals surface area (Å²) in [6.45, 7) is 4.05. The van der Waals surface area contributed by atoms with Gasteiger partial charge in [-0.1, -0.05) is 31.4 Å². The van der Waals surface area contributed by atoms with Gasteiger partial charge in [0.2, 0.25) is 0 Å². The largest absolute Gasteiger partial charge is 0.490 e. The Morgan fingerprint density at radius 2 is 1.90 bits per heavy atom. The van der Waals surface area contributed by atoms with Gasteiger partial charge in [0.1, 0.15) is 10.8 Å². The summed E-state index contributed by atoms with van der Waals surface area (Å²) in [5.74, 6) is 0.894. The predicted molar refractivity (Wildman–Crippen MR) is 125 cm³/mol. The lowest BCUT2D eigenvalue weighted by molar-refractivity contribution is 0.0927. The summed E-state index contributed by atoms with van der Waals surface area (Å²) in [6.07, 6.45) is 12.3. The summed E-state index contributed by atoms with van der Waals surface area (Å²) in [7, 11) is 0. The molecule has 1 aromatic carbocycles. The van der Waals surface area contributed by atoms with Crippen LogP contribution in [0.3, 0.4) is 0 Å². The Bertz CT molecular complexity index is 910. The van der Waals surface area contributed by atoms with Gasteiger partial charge in [0.25, 0.3) is 5.91 Å². The molecule has 1 amide bonds. The molecule has 4 nitrogen and oxygen atoms in total. The Hall–Kier alpha value is -2.14. The number of para-hydroxylation sites is 1. The van der Waals surface area contributed by atoms with E-state index in [4.69, 9.17) is 9.73 Å². The van der Waals surface area contributed by atoms with Crippen LogP contribution in [-0.2, 0) is 12.8 Å². The zero-order valence-corrected chi connectivity index (χ0v) is 18.9. The van der Waals surface area contributed by atoms with Crippen molar-refractivity contribution in [3.63, 3.8) is 0 Å². The number of ether oxygens (including phenoxy) is 1. The van der Waals surface area contributed by atoms with Gasteiger partial charge in [-0.3, -0.25) is 4.79 Å². The highest BCUT2D eigenvalue weighted by molar-refractivity contribution is 7.16. The molecule has 0 bridgehead atoms. The summed E-state index contributed by atoms with van der Waals surface area (Å²) in [5.41, 5.74) is 2.99. The van der Waals surface area contributed by atoms with Gasteiger partial charge in [-0.15, -0.1) is 11.3 Å². The van der Waals surface area contributed by atoms with Crippen LogP contribution < -0.4 is 10.1 Å². The standard InChI is InChI=1S/C25H32N2O2S/c1-17(2)29-21-14-8-6-10-18(21)16-26-25-23(20-13-7-9-15-22(20)30-25)24(28)27-19-11-4-3-5-12-19/h6,8,10,14,16-17,19H,3-5,7,9,11-13,15H2,1-2H3,(H,27,28). The fourth-order valence-electron chi connectivity index (χ4n) is 4.46. The van der Waals surface area contributed by atoms with Gasteiger partial charge in [0.15, 0.2) is 0 Å². The molecule has 0 atom stereocenters. The van der Waals surface area contributed by atoms with E-state index in [1.165, 1.54) is 36.1 Å². The molecular formula is C25H32N2O2S. The van der Waals surface area contributed by atoms with Crippen LogP contribution in [0.2, 0.25) is 0 Å². The molecule has 1 N–H and O–H groups in total. The Morgan fingerprint density at radius 1 is 1.13 bits per heavy atom. The van der Waals surface area contributed by atoms with E-state index in [1.807, 2.05) is 44.3 Å². The molecule has 30 heavy (non-hydrogen) atoms. The lowest BCUT2D eigenvalue weighted by Crippen LogP contribution is -2.36. The monoisotopic (exact) mass is 424 g/mol. The fraction of sp³-hybridized carbons (Fsp3) is 0.520. The number of benzene rings is 1. The van der Waals surface area contributed by atoms with Crippen LogP contribution in [0, 0.1) is 0 Å². The molecule has 1 heterocycles. The second-order valence-corrected chi connectivity index (χ2v) is 9.75. The lowest BCUT2D eigenvalue weighted by atomic mass is 9.93. The van der Waals surface area contributed by atoms with Crippen LogP contribution in [0.5, 0.6) is 5.75 Å². The molecule has 0 aliphatic heterocycles. The number of thiophene rings is 1. The third-order valence-corrected chi connectivity index (χ3v) is 7.12. The number of hydrogen-bond acceptors (Lipinski definition) is 4. The minimum absolute atomic E-state index is 0.0696. The molecule has 160 valence electrons. The topological polar surface area (TPSA) is 50.7 Å². The average molecular weight is 425 g/mol. The third kappa shape index (κ3) is 4.94. The number of carbonyl (C=O) groups excluding carboxylic acids is 1. The van der Waals surface area contributed by atoms with Crippen LogP contribution in [0.25, 0.3) is 0 Å². The Kier molecular flexibility index (Phi) is 6.88. The SMILES string of the molecule is CC(C)Oc1ccccc1C=Nc1sc2c(c1C(=O)NC1CCCCC1)CCCC2. The molecule has 0 unspecified atom stereocenters. The summed E-state index contributed by atoms with van der Waals surface area (Å²) in [5, 5.41) is 4.16. The molecule has 4 rings (SSSR count). The molecule has 0 spiro atoms. The number of aliphatic imine (C=N–C) groups is 1. The Labute approximate surface area is 183 Å². The van der Waals surface area contributed by atoms with E-state index in [9.17, 15) is 4.79 Å². The summed E-state index contributed by atoms with van der Waals surface area (Å²) >= 11 is 1.69. The van der Waals surface area contributed by atoms with E-state index in [2.05, 4.69) is 5.32 Å². The number of aryl methyl sites for hydroxylation is 1. The van der Waals surface area contributed by atoms with Gasteiger partial charge in [-0.2, -0.15) is 0 Å². The quantitative estimate of drug-likeness (QED) is 0.559. The van der Waals surface area contributed by atoms with E-state index < -0.39 is 0 Å². The first-order valence-electron chi connectivity index (χ1n) is 11.4. The summed E-state index contributed by atoms with van der Waals surface area (Å²) in [4.78, 5) is 19.4. The highest BCUT2D eigenvalue weighted by Gasteiger charge is 2.27. The zero-order chi connectivity index (χ0) is 20.9. The third-order valence-electron chi connectivity index (χ3n) is 5.92. The van der Waals surface area contributed by atoms with Gasteiger partial charge >= 0.3 is 0 Å². The van der Waals surface area contributed by atoms with E-state index in [-0.39, 0.29) is 12.0 Å². The molecule has 5 heteroatoms. The second kappa shape index (κ2) is 9.78. The molecule has 2 aliphatic rings. The van der Waals surface area contributed by atoms with Gasteiger partial charge < -0.3 is 10.1 Å². The van der Waals surface area contributed by atoms with Crippen molar-refractivity contribution in [1.82, 2.24) is 5.32 Å². The highest BCUT2D eigenvalue weighted by Crippen LogP contribution is 2.40. The minimum Gasteiger partial charge on any atom is -0.490 e. The number of carbonyl (C=O) groups is 1. The van der Waals surface area contributed by atoms with E-state index in [0.717, 1.165) is 54.0 Å². The van der Waals surface area contributed by atoms with Crippen LogP contribution in [0.4, 0.5) is 5.00 Å². The van der Waals surface area contributed by atoms with Crippen molar-refractivity contribution >= 4 is 28.5 Å². The molecule has 1 aromatic heterocycles. The molecule has 0 radical (unpaired) electrons. The number of nitrogens with one attached hydrogen (secondary N) is 1.